The fraction of sp³-hybridized carbons (Fsp3) is 0.667. The average molecular weight is 602 g/mol. The van der Waals surface area contributed by atoms with E-state index < -0.39 is 29.2 Å². The molecule has 4 atom stereocenters. The molecular formula is C33H48ClN3O5. The molecule has 232 valence electrons. The van der Waals surface area contributed by atoms with Gasteiger partial charge < -0.3 is 15.5 Å². The fourth-order valence-corrected chi connectivity index (χ4v) is 5.94. The second-order valence-electron chi connectivity index (χ2n) is 14.4. The molecule has 1 aromatic rings. The molecule has 0 aromatic heterocycles. The van der Waals surface area contributed by atoms with Crippen LogP contribution in [-0.4, -0.2) is 59.9 Å². The van der Waals surface area contributed by atoms with Gasteiger partial charge in [0.2, 0.25) is 23.5 Å². The fourth-order valence-electron chi connectivity index (χ4n) is 5.81. The zero-order valence-corrected chi connectivity index (χ0v) is 26.8. The highest BCUT2D eigenvalue weighted by Gasteiger charge is 2.45. The minimum Gasteiger partial charge on any atom is -0.345 e. The summed E-state index contributed by atoms with van der Waals surface area (Å²) in [6, 6.07) is 5.56. The first-order valence-corrected chi connectivity index (χ1v) is 15.6. The van der Waals surface area contributed by atoms with E-state index >= 15 is 0 Å². The van der Waals surface area contributed by atoms with Crippen LogP contribution in [0.2, 0.25) is 5.02 Å². The smallest absolute Gasteiger partial charge is 0.245 e. The lowest BCUT2D eigenvalue weighted by molar-refractivity contribution is -0.139. The molecule has 42 heavy (non-hydrogen) atoms. The first-order chi connectivity index (χ1) is 19.6. The molecule has 0 radical (unpaired) electrons. The average Bonchev–Trinajstić information content (AvgIpc) is 3.32. The second-order valence-corrected chi connectivity index (χ2v) is 14.8. The molecule has 1 saturated carbocycles. The van der Waals surface area contributed by atoms with Crippen molar-refractivity contribution >= 4 is 41.4 Å². The van der Waals surface area contributed by atoms with E-state index in [0.29, 0.717) is 23.8 Å². The Kier molecular flexibility index (Phi) is 11.4. The van der Waals surface area contributed by atoms with Gasteiger partial charge in [-0.15, -0.1) is 0 Å². The molecule has 8 nitrogen and oxygen atoms in total. The summed E-state index contributed by atoms with van der Waals surface area (Å²) < 4.78 is 0. The highest BCUT2D eigenvalue weighted by atomic mass is 35.5. The number of ketones is 1. The third kappa shape index (κ3) is 9.38. The summed E-state index contributed by atoms with van der Waals surface area (Å²) in [6.07, 6.45) is 5.73. The number of halogens is 1. The van der Waals surface area contributed by atoms with Gasteiger partial charge in [0.15, 0.2) is 6.29 Å². The van der Waals surface area contributed by atoms with Gasteiger partial charge in [-0.05, 0) is 53.7 Å². The number of carbonyl (C=O) groups is 5. The lowest BCUT2D eigenvalue weighted by atomic mass is 9.80. The van der Waals surface area contributed by atoms with Crippen LogP contribution in [-0.2, 0) is 24.0 Å². The largest absolute Gasteiger partial charge is 0.345 e. The summed E-state index contributed by atoms with van der Waals surface area (Å²) in [5.41, 5.74) is 0.414. The van der Waals surface area contributed by atoms with Crippen LogP contribution < -0.4 is 10.6 Å². The van der Waals surface area contributed by atoms with Crippen molar-refractivity contribution < 1.29 is 24.0 Å². The Labute approximate surface area is 255 Å². The molecule has 0 bridgehead atoms. The molecule has 3 rings (SSSR count). The number of carbonyl (C=O) groups excluding carboxylic acids is 5. The lowest BCUT2D eigenvalue weighted by Gasteiger charge is -2.33. The van der Waals surface area contributed by atoms with Crippen LogP contribution in [0.3, 0.4) is 0 Å². The molecule has 1 aliphatic heterocycles. The monoisotopic (exact) mass is 601 g/mol. The number of benzene rings is 1. The van der Waals surface area contributed by atoms with Gasteiger partial charge in [0, 0.05) is 30.5 Å². The third-order valence-electron chi connectivity index (χ3n) is 8.59. The van der Waals surface area contributed by atoms with Gasteiger partial charge in [-0.2, -0.15) is 0 Å². The number of rotatable bonds is 12. The Balaban J connectivity index is 1.80. The molecule has 1 aliphatic carbocycles. The van der Waals surface area contributed by atoms with E-state index in [1.54, 1.807) is 17.0 Å². The molecule has 1 heterocycles. The predicted octanol–water partition coefficient (Wildman–Crippen LogP) is 5.07. The van der Waals surface area contributed by atoms with Crippen molar-refractivity contribution in [3.63, 3.8) is 0 Å². The Hall–Kier alpha value is -2.74. The topological polar surface area (TPSA) is 113 Å². The SMILES string of the molecule is CC(C)(C)CCCC(=O)N[C@H](C(=O)N1C[C@@H](C(=O)NC(CC2CCC2)C(=O)C=O)[C@H](c2ccc(Cl)cc2)C1)C(C)(C)C. The summed E-state index contributed by atoms with van der Waals surface area (Å²) in [7, 11) is 0. The zero-order chi connectivity index (χ0) is 31.2. The maximum atomic E-state index is 14.0. The van der Waals surface area contributed by atoms with Crippen LogP contribution in [0, 0.1) is 22.7 Å². The van der Waals surface area contributed by atoms with Crippen molar-refractivity contribution in [2.45, 2.75) is 104 Å². The summed E-state index contributed by atoms with van der Waals surface area (Å²) in [5.74, 6) is -2.06. The van der Waals surface area contributed by atoms with E-state index in [4.69, 9.17) is 11.6 Å². The summed E-state index contributed by atoms with van der Waals surface area (Å²) in [6.45, 7) is 12.6. The van der Waals surface area contributed by atoms with Crippen molar-refractivity contribution in [3.05, 3.63) is 34.9 Å². The van der Waals surface area contributed by atoms with E-state index in [1.807, 2.05) is 32.9 Å². The zero-order valence-electron chi connectivity index (χ0n) is 26.0. The third-order valence-corrected chi connectivity index (χ3v) is 8.84. The molecule has 9 heteroatoms. The number of hydrogen-bond acceptors (Lipinski definition) is 5. The molecule has 2 fully saturated rings. The second kappa shape index (κ2) is 14.2. The summed E-state index contributed by atoms with van der Waals surface area (Å²) in [5, 5.41) is 6.40. The van der Waals surface area contributed by atoms with Gasteiger partial charge in [0.1, 0.15) is 6.04 Å². The van der Waals surface area contributed by atoms with Crippen molar-refractivity contribution in [2.75, 3.05) is 13.1 Å². The number of hydrogen-bond donors (Lipinski definition) is 2. The lowest BCUT2D eigenvalue weighted by Crippen LogP contribution is -2.54. The van der Waals surface area contributed by atoms with E-state index in [2.05, 4.69) is 31.4 Å². The van der Waals surface area contributed by atoms with Crippen molar-refractivity contribution in [3.8, 4) is 0 Å². The number of Topliss-reactive ketones (excluding diaryl/α,β-unsaturated/α-hetero) is 1. The van der Waals surface area contributed by atoms with Crippen LogP contribution in [0.15, 0.2) is 24.3 Å². The maximum Gasteiger partial charge on any atom is 0.245 e. The normalized spacial score (nSPS) is 20.8. The molecular weight excluding hydrogens is 554 g/mol. The van der Waals surface area contributed by atoms with E-state index in [1.165, 1.54) is 0 Å². The van der Waals surface area contributed by atoms with Crippen LogP contribution >= 0.6 is 11.6 Å². The van der Waals surface area contributed by atoms with Gasteiger partial charge in [-0.1, -0.05) is 84.5 Å². The number of nitrogens with zero attached hydrogens (tertiary/aromatic N) is 1. The van der Waals surface area contributed by atoms with Crippen LogP contribution in [0.25, 0.3) is 0 Å². The van der Waals surface area contributed by atoms with Crippen molar-refractivity contribution in [1.82, 2.24) is 15.5 Å². The Morgan fingerprint density at radius 1 is 1.00 bits per heavy atom. The number of aldehydes is 1. The summed E-state index contributed by atoms with van der Waals surface area (Å²) >= 11 is 6.13. The first-order valence-electron chi connectivity index (χ1n) is 15.2. The van der Waals surface area contributed by atoms with E-state index in [9.17, 15) is 24.0 Å². The molecule has 1 saturated heterocycles. The first kappa shape index (κ1) is 33.8. The van der Waals surface area contributed by atoms with Crippen LogP contribution in [0.1, 0.15) is 98.0 Å². The Morgan fingerprint density at radius 3 is 2.17 bits per heavy atom. The standard InChI is InChI=1S/C33H48ClN3O5/c1-32(2,3)16-8-11-28(40)36-29(33(4,5)6)31(42)37-18-24(22-12-14-23(34)15-13-22)25(19-37)30(41)35-26(27(39)20-38)17-21-9-7-10-21/h12-15,20-21,24-26,29H,7-11,16-19H2,1-6H3,(H,35,41)(H,36,40)/t24-,25+,26?,29+/m0/s1. The van der Waals surface area contributed by atoms with Crippen molar-refractivity contribution in [2.24, 2.45) is 22.7 Å². The molecule has 2 N–H and O–H groups in total. The number of amides is 3. The maximum absolute atomic E-state index is 14.0. The molecule has 1 aromatic carbocycles. The predicted molar refractivity (Wildman–Crippen MR) is 164 cm³/mol. The quantitative estimate of drug-likeness (QED) is 0.256. The van der Waals surface area contributed by atoms with Gasteiger partial charge in [-0.3, -0.25) is 24.0 Å². The highest BCUT2D eigenvalue weighted by Crippen LogP contribution is 2.36. The van der Waals surface area contributed by atoms with Crippen LogP contribution in [0.5, 0.6) is 0 Å². The van der Waals surface area contributed by atoms with Gasteiger partial charge in [-0.25, -0.2) is 0 Å². The van der Waals surface area contributed by atoms with E-state index in [-0.39, 0.29) is 48.4 Å². The molecule has 1 unspecified atom stereocenters. The van der Waals surface area contributed by atoms with Gasteiger partial charge in [0.05, 0.1) is 12.0 Å². The summed E-state index contributed by atoms with van der Waals surface area (Å²) in [4.78, 5) is 66.1. The minimum absolute atomic E-state index is 0.120. The Bertz CT molecular complexity index is 1130. The van der Waals surface area contributed by atoms with Gasteiger partial charge in [0.25, 0.3) is 0 Å². The molecule has 0 spiro atoms. The Morgan fingerprint density at radius 2 is 1.64 bits per heavy atom. The molecule has 2 aliphatic rings. The van der Waals surface area contributed by atoms with Crippen LogP contribution in [0.4, 0.5) is 0 Å². The number of likely N-dealkylation sites (tertiary alicyclic amines) is 1. The molecule has 3 amide bonds. The van der Waals surface area contributed by atoms with Gasteiger partial charge >= 0.3 is 0 Å². The van der Waals surface area contributed by atoms with Crippen molar-refractivity contribution in [1.29, 1.82) is 0 Å². The highest BCUT2D eigenvalue weighted by molar-refractivity contribution is 6.30. The van der Waals surface area contributed by atoms with E-state index in [0.717, 1.165) is 37.7 Å². The number of nitrogens with one attached hydrogen (secondary N) is 2. The minimum atomic E-state index is -0.870.